The molecule has 21 rings (SSSR count). The molecule has 514 valence electrons. The summed E-state index contributed by atoms with van der Waals surface area (Å²) in [5.74, 6) is 0. The van der Waals surface area contributed by atoms with Gasteiger partial charge < -0.3 is 18.6 Å². The van der Waals surface area contributed by atoms with Crippen molar-refractivity contribution in [3.63, 3.8) is 0 Å². The van der Waals surface area contributed by atoms with Gasteiger partial charge in [-0.25, -0.2) is 0 Å². The fraction of sp³-hybridized carbons (Fsp3) is 0. The molecule has 0 aliphatic carbocycles. The second-order valence-electron chi connectivity index (χ2n) is 28.6. The van der Waals surface area contributed by atoms with Gasteiger partial charge in [-0.15, -0.1) is 0 Å². The lowest BCUT2D eigenvalue weighted by Gasteiger charge is -2.28. The van der Waals surface area contributed by atoms with Gasteiger partial charge in [0.1, 0.15) is 22.3 Å². The van der Waals surface area contributed by atoms with Gasteiger partial charge in [-0.3, -0.25) is 0 Å². The molecule has 0 unspecified atom stereocenters. The van der Waals surface area contributed by atoms with Crippen molar-refractivity contribution in [2.75, 3.05) is 9.80 Å². The van der Waals surface area contributed by atoms with Crippen molar-refractivity contribution >= 4 is 121 Å². The van der Waals surface area contributed by atoms with Crippen LogP contribution in [0.1, 0.15) is 0 Å². The van der Waals surface area contributed by atoms with Crippen molar-refractivity contribution in [1.29, 1.82) is 0 Å². The predicted octanol–water partition coefficient (Wildman–Crippen LogP) is 30.4. The van der Waals surface area contributed by atoms with Crippen LogP contribution in [0.15, 0.2) is 421 Å². The van der Waals surface area contributed by atoms with Crippen molar-refractivity contribution in [3.05, 3.63) is 413 Å². The van der Waals surface area contributed by atoms with Crippen LogP contribution < -0.4 is 9.80 Å². The number of hydrogen-bond donors (Lipinski definition) is 0. The molecule has 19 aromatic carbocycles. The summed E-state index contributed by atoms with van der Waals surface area (Å²) >= 11 is 0. The zero-order valence-corrected chi connectivity index (χ0v) is 60.0. The second-order valence-corrected chi connectivity index (χ2v) is 28.6. The summed E-state index contributed by atoms with van der Waals surface area (Å²) < 4.78 is 12.7. The van der Waals surface area contributed by atoms with Crippen molar-refractivity contribution in [3.8, 4) is 89.0 Å². The van der Waals surface area contributed by atoms with Crippen molar-refractivity contribution in [2.24, 2.45) is 0 Å². The van der Waals surface area contributed by atoms with Gasteiger partial charge in [0.2, 0.25) is 0 Å². The van der Waals surface area contributed by atoms with Gasteiger partial charge in [0, 0.05) is 55.4 Å². The Kier molecular flexibility index (Phi) is 15.5. The van der Waals surface area contributed by atoms with E-state index in [0.717, 1.165) is 139 Å². The minimum atomic E-state index is 0.882. The highest BCUT2D eigenvalue weighted by Gasteiger charge is 2.23. The van der Waals surface area contributed by atoms with Crippen LogP contribution in [-0.4, -0.2) is 0 Å². The molecule has 0 bridgehead atoms. The average Bonchev–Trinajstić information content (AvgIpc) is 1.59. The van der Waals surface area contributed by atoms with E-state index in [1.807, 2.05) is 24.3 Å². The highest BCUT2D eigenvalue weighted by atomic mass is 16.3. The summed E-state index contributed by atoms with van der Waals surface area (Å²) in [4.78, 5) is 4.83. The summed E-state index contributed by atoms with van der Waals surface area (Å²) in [5.41, 5.74) is 28.3. The van der Waals surface area contributed by atoms with Crippen LogP contribution in [0.25, 0.3) is 176 Å². The van der Waals surface area contributed by atoms with E-state index in [1.54, 1.807) is 0 Å². The van der Waals surface area contributed by atoms with Crippen molar-refractivity contribution in [2.45, 2.75) is 0 Å². The molecule has 0 aliphatic heterocycles. The maximum absolute atomic E-state index is 6.39. The molecule has 110 heavy (non-hydrogen) atoms. The van der Waals surface area contributed by atoms with Gasteiger partial charge in [-0.2, -0.15) is 0 Å². The standard InChI is InChI=1S/C106H68N2O2/c1-2-19-69(20-3-1)70-45-53-83(54-46-70)107(84-55-47-71(48-56-84)75-51-60-98-96-30-8-12-39-103(96)109-105(98)67-75)101-37-10-6-28-92(101)80-26-15-24-78(64-80)89-33-17-36-95-90(34-18-35-94(89)95)82-44-42-74-41-43-81-65-86(59-62-91(81)100(74)66-82)108(85-57-49-72(50-58-85)76-52-61-99-97-31-9-13-40-104(97)110-106(99)68-76)102-38-11-7-29-93(102)79-25-14-23-77(63-79)88-32-16-22-73-21-4-5-27-87(73)88/h1-68H. The molecule has 0 spiro atoms. The number of hydrogen-bond acceptors (Lipinski definition) is 4. The number of benzene rings is 19. The first-order valence-electron chi connectivity index (χ1n) is 37.7. The van der Waals surface area contributed by atoms with Crippen LogP contribution in [0.5, 0.6) is 0 Å². The van der Waals surface area contributed by atoms with Crippen LogP contribution in [-0.2, 0) is 0 Å². The fourth-order valence-corrected chi connectivity index (χ4v) is 16.9. The Hall–Kier alpha value is -14.6. The highest BCUT2D eigenvalue weighted by molar-refractivity contribution is 6.13. The van der Waals surface area contributed by atoms with E-state index < -0.39 is 0 Å². The van der Waals surface area contributed by atoms with Gasteiger partial charge in [0.05, 0.1) is 11.4 Å². The average molecular weight is 1400 g/mol. The van der Waals surface area contributed by atoms with E-state index in [2.05, 4.69) is 398 Å². The topological polar surface area (TPSA) is 32.8 Å². The summed E-state index contributed by atoms with van der Waals surface area (Å²) in [6.45, 7) is 0. The van der Waals surface area contributed by atoms with Gasteiger partial charge in [-0.1, -0.05) is 297 Å². The molecule has 2 heterocycles. The molecule has 2 aromatic heterocycles. The van der Waals surface area contributed by atoms with Gasteiger partial charge in [-0.05, 0) is 236 Å². The molecular formula is C106H68N2O2. The molecule has 0 N–H and O–H groups in total. The number of rotatable bonds is 14. The van der Waals surface area contributed by atoms with Crippen molar-refractivity contribution < 1.29 is 8.83 Å². The smallest absolute Gasteiger partial charge is 0.136 e. The highest BCUT2D eigenvalue weighted by Crippen LogP contribution is 2.48. The molecule has 0 fully saturated rings. The maximum Gasteiger partial charge on any atom is 0.136 e. The maximum atomic E-state index is 6.39. The Labute approximate surface area is 637 Å². The first-order valence-corrected chi connectivity index (χ1v) is 37.7. The summed E-state index contributed by atoms with van der Waals surface area (Å²) in [5, 5.41) is 14.1. The second kappa shape index (κ2) is 26.8. The molecular weight excluding hydrogens is 1330 g/mol. The van der Waals surface area contributed by atoms with E-state index in [-0.39, 0.29) is 0 Å². The molecule has 4 heteroatoms. The van der Waals surface area contributed by atoms with E-state index in [1.165, 1.54) is 71.1 Å². The Morgan fingerprint density at radius 2 is 0.473 bits per heavy atom. The molecule has 0 saturated carbocycles. The number of anilines is 6. The first-order chi connectivity index (χ1) is 54.5. The van der Waals surface area contributed by atoms with Crippen LogP contribution in [0.4, 0.5) is 34.1 Å². The number of furan rings is 2. The Morgan fingerprint density at radius 3 is 1.04 bits per heavy atom. The normalized spacial score (nSPS) is 11.6. The third-order valence-corrected chi connectivity index (χ3v) is 22.3. The van der Waals surface area contributed by atoms with Crippen LogP contribution >= 0.6 is 0 Å². The summed E-state index contributed by atoms with van der Waals surface area (Å²) in [6, 6.07) is 150. The van der Waals surface area contributed by atoms with Gasteiger partial charge in [0.15, 0.2) is 0 Å². The predicted molar refractivity (Wildman–Crippen MR) is 464 cm³/mol. The number of fused-ring (bicyclic) bond motifs is 11. The zero-order valence-electron chi connectivity index (χ0n) is 60.0. The first kappa shape index (κ1) is 63.9. The van der Waals surface area contributed by atoms with E-state index in [4.69, 9.17) is 8.83 Å². The molecule has 0 amide bonds. The van der Waals surface area contributed by atoms with E-state index >= 15 is 0 Å². The van der Waals surface area contributed by atoms with Crippen LogP contribution in [0.3, 0.4) is 0 Å². The molecule has 21 aromatic rings. The number of para-hydroxylation sites is 4. The van der Waals surface area contributed by atoms with Crippen LogP contribution in [0, 0.1) is 0 Å². The lowest BCUT2D eigenvalue weighted by atomic mass is 9.90. The SMILES string of the molecule is c1ccc(-c2ccc(N(c3ccc(-c4ccc5c(c4)oc4ccccc45)cc3)c3ccccc3-c3cccc(-c4cccc5c(-c6ccc7ccc8cc(N(c9ccc(-c%10ccc%11c(c%10)oc%10ccccc%10%11)cc9)c9ccccc9-c9cccc(-c%10cccc%11ccccc%10%11)c9)ccc8c7c6)cccc45)c3)cc2)cc1. The molecule has 4 nitrogen and oxygen atoms in total. The third-order valence-electron chi connectivity index (χ3n) is 22.3. The Morgan fingerprint density at radius 1 is 0.145 bits per heavy atom. The van der Waals surface area contributed by atoms with Gasteiger partial charge >= 0.3 is 0 Å². The lowest BCUT2D eigenvalue weighted by molar-refractivity contribution is 0.668. The minimum Gasteiger partial charge on any atom is -0.456 e. The zero-order chi connectivity index (χ0) is 72.6. The largest absolute Gasteiger partial charge is 0.456 e. The Balaban J connectivity index is 0.631. The van der Waals surface area contributed by atoms with E-state index in [0.29, 0.717) is 0 Å². The van der Waals surface area contributed by atoms with E-state index in [9.17, 15) is 0 Å². The summed E-state index contributed by atoms with van der Waals surface area (Å²) in [7, 11) is 0. The Bertz CT molecular complexity index is 7150. The van der Waals surface area contributed by atoms with Crippen LogP contribution in [0.2, 0.25) is 0 Å². The summed E-state index contributed by atoms with van der Waals surface area (Å²) in [6.07, 6.45) is 0. The molecule has 0 atom stereocenters. The number of nitrogens with zero attached hydrogens (tertiary/aromatic N) is 2. The minimum absolute atomic E-state index is 0.882. The monoisotopic (exact) mass is 1400 g/mol. The lowest BCUT2D eigenvalue weighted by Crippen LogP contribution is -2.11. The van der Waals surface area contributed by atoms with Crippen molar-refractivity contribution in [1.82, 2.24) is 0 Å². The molecule has 0 saturated heterocycles. The fourth-order valence-electron chi connectivity index (χ4n) is 16.9. The molecule has 0 radical (unpaired) electrons. The van der Waals surface area contributed by atoms with Gasteiger partial charge in [0.25, 0.3) is 0 Å². The third kappa shape index (κ3) is 11.3. The quantitative estimate of drug-likeness (QED) is 0.102. The molecule has 0 aliphatic rings.